The fraction of sp³-hybridized carbons (Fsp3) is 0.250. The van der Waals surface area contributed by atoms with Crippen molar-refractivity contribution in [1.29, 1.82) is 0 Å². The molecule has 0 radical (unpaired) electrons. The quantitative estimate of drug-likeness (QED) is 0.685. The van der Waals surface area contributed by atoms with E-state index in [1.807, 2.05) is 18.2 Å². The van der Waals surface area contributed by atoms with Crippen molar-refractivity contribution in [2.24, 2.45) is 0 Å². The summed E-state index contributed by atoms with van der Waals surface area (Å²) in [6, 6.07) is 7.51. The van der Waals surface area contributed by atoms with Crippen LogP contribution in [0.2, 0.25) is 0 Å². The van der Waals surface area contributed by atoms with Crippen molar-refractivity contribution >= 4 is 38.2 Å². The number of rotatable bonds is 4. The Labute approximate surface area is 111 Å². The number of anilines is 1. The summed E-state index contributed by atoms with van der Waals surface area (Å²) in [7, 11) is -2.92. The Hall–Kier alpha value is -1.27. The minimum absolute atomic E-state index is 0.170. The van der Waals surface area contributed by atoms with Crippen LogP contribution in [-0.2, 0) is 9.84 Å². The van der Waals surface area contributed by atoms with E-state index in [9.17, 15) is 8.42 Å². The van der Waals surface area contributed by atoms with Gasteiger partial charge in [-0.15, -0.1) is 11.8 Å². The molecule has 0 saturated carbocycles. The molecule has 1 heterocycles. The standard InChI is InChI=1S/C12H14N2O2S2/c1-18(15,16)8-7-17-11-5-4-10(13)12-9(11)3-2-6-14-12/h2-6H,7-8,13H2,1H3. The van der Waals surface area contributed by atoms with Gasteiger partial charge in [0.25, 0.3) is 0 Å². The molecule has 18 heavy (non-hydrogen) atoms. The van der Waals surface area contributed by atoms with Crippen LogP contribution in [0.3, 0.4) is 0 Å². The normalized spacial score (nSPS) is 11.8. The Kier molecular flexibility index (Phi) is 3.77. The van der Waals surface area contributed by atoms with Gasteiger partial charge in [0.1, 0.15) is 9.84 Å². The molecule has 2 aromatic rings. The van der Waals surface area contributed by atoms with Crippen molar-refractivity contribution in [3.63, 3.8) is 0 Å². The highest BCUT2D eigenvalue weighted by Crippen LogP contribution is 2.30. The third kappa shape index (κ3) is 3.14. The molecular weight excluding hydrogens is 268 g/mol. The summed E-state index contributed by atoms with van der Waals surface area (Å²) in [5, 5.41) is 0.969. The molecule has 6 heteroatoms. The van der Waals surface area contributed by atoms with Crippen LogP contribution in [0.1, 0.15) is 0 Å². The smallest absolute Gasteiger partial charge is 0.148 e. The van der Waals surface area contributed by atoms with Gasteiger partial charge >= 0.3 is 0 Å². The summed E-state index contributed by atoms with van der Waals surface area (Å²) in [4.78, 5) is 5.25. The molecule has 0 bridgehead atoms. The van der Waals surface area contributed by atoms with Crippen molar-refractivity contribution in [2.45, 2.75) is 4.90 Å². The maximum absolute atomic E-state index is 11.1. The van der Waals surface area contributed by atoms with Gasteiger partial charge in [-0.05, 0) is 18.2 Å². The van der Waals surface area contributed by atoms with Gasteiger partial charge in [0.05, 0.1) is 17.0 Å². The predicted molar refractivity (Wildman–Crippen MR) is 76.6 cm³/mol. The minimum Gasteiger partial charge on any atom is -0.397 e. The number of sulfone groups is 1. The van der Waals surface area contributed by atoms with E-state index < -0.39 is 9.84 Å². The lowest BCUT2D eigenvalue weighted by Gasteiger charge is -2.07. The van der Waals surface area contributed by atoms with Crippen LogP contribution in [0.25, 0.3) is 10.9 Å². The first-order valence-corrected chi connectivity index (χ1v) is 8.46. The van der Waals surface area contributed by atoms with Gasteiger partial charge in [-0.2, -0.15) is 0 Å². The van der Waals surface area contributed by atoms with Gasteiger partial charge in [-0.1, -0.05) is 6.07 Å². The maximum Gasteiger partial charge on any atom is 0.148 e. The molecule has 2 N–H and O–H groups in total. The Morgan fingerprint density at radius 1 is 1.33 bits per heavy atom. The van der Waals surface area contributed by atoms with Crippen LogP contribution >= 0.6 is 11.8 Å². The van der Waals surface area contributed by atoms with Gasteiger partial charge in [-0.25, -0.2) is 8.42 Å². The van der Waals surface area contributed by atoms with E-state index in [4.69, 9.17) is 5.73 Å². The van der Waals surface area contributed by atoms with Crippen LogP contribution in [0.15, 0.2) is 35.4 Å². The molecule has 0 fully saturated rings. The van der Waals surface area contributed by atoms with Gasteiger partial charge in [0.15, 0.2) is 0 Å². The number of hydrogen-bond acceptors (Lipinski definition) is 5. The predicted octanol–water partition coefficient (Wildman–Crippen LogP) is 1.95. The lowest BCUT2D eigenvalue weighted by Crippen LogP contribution is -2.05. The maximum atomic E-state index is 11.1. The Morgan fingerprint density at radius 3 is 2.83 bits per heavy atom. The minimum atomic E-state index is -2.92. The molecule has 0 saturated heterocycles. The van der Waals surface area contributed by atoms with Gasteiger partial charge in [-0.3, -0.25) is 4.98 Å². The molecule has 0 aliphatic heterocycles. The Bertz CT molecular complexity index is 669. The highest BCUT2D eigenvalue weighted by atomic mass is 32.2. The Balaban J connectivity index is 2.26. The number of nitrogens with two attached hydrogens (primary N) is 1. The third-order valence-electron chi connectivity index (χ3n) is 2.47. The second kappa shape index (κ2) is 5.16. The molecule has 0 unspecified atom stereocenters. The summed E-state index contributed by atoms with van der Waals surface area (Å²) in [5.74, 6) is 0.705. The lowest BCUT2D eigenvalue weighted by atomic mass is 10.2. The van der Waals surface area contributed by atoms with Crippen LogP contribution in [-0.4, -0.2) is 31.2 Å². The largest absolute Gasteiger partial charge is 0.397 e. The second-order valence-corrected chi connectivity index (χ2v) is 7.43. The van der Waals surface area contributed by atoms with Gasteiger partial charge in [0, 0.05) is 28.5 Å². The number of fused-ring (bicyclic) bond motifs is 1. The number of hydrogen-bond donors (Lipinski definition) is 1. The number of nitrogens with zero attached hydrogens (tertiary/aromatic N) is 1. The molecule has 0 amide bonds. The van der Waals surface area contributed by atoms with Crippen LogP contribution < -0.4 is 5.73 Å². The van der Waals surface area contributed by atoms with Gasteiger partial charge in [0.2, 0.25) is 0 Å². The number of pyridine rings is 1. The fourth-order valence-corrected chi connectivity index (χ4v) is 3.85. The monoisotopic (exact) mass is 282 g/mol. The van der Waals surface area contributed by atoms with E-state index in [1.54, 1.807) is 12.3 Å². The van der Waals surface area contributed by atoms with Crippen molar-refractivity contribution in [2.75, 3.05) is 23.5 Å². The first-order valence-electron chi connectivity index (χ1n) is 5.41. The number of benzene rings is 1. The van der Waals surface area contributed by atoms with Crippen molar-refractivity contribution in [3.05, 3.63) is 30.5 Å². The van der Waals surface area contributed by atoms with E-state index in [0.29, 0.717) is 11.4 Å². The molecule has 0 spiro atoms. The molecule has 4 nitrogen and oxygen atoms in total. The van der Waals surface area contributed by atoms with Crippen LogP contribution in [0.4, 0.5) is 5.69 Å². The van der Waals surface area contributed by atoms with Crippen LogP contribution in [0, 0.1) is 0 Å². The summed E-state index contributed by atoms with van der Waals surface area (Å²) in [6.45, 7) is 0. The molecular formula is C12H14N2O2S2. The van der Waals surface area contributed by atoms with Gasteiger partial charge < -0.3 is 5.73 Å². The summed E-state index contributed by atoms with van der Waals surface area (Å²) in [6.07, 6.45) is 2.94. The molecule has 1 aromatic carbocycles. The van der Waals surface area contributed by atoms with E-state index in [1.165, 1.54) is 18.0 Å². The highest BCUT2D eigenvalue weighted by molar-refractivity contribution is 8.00. The number of thioether (sulfide) groups is 1. The second-order valence-electron chi connectivity index (χ2n) is 4.03. The van der Waals surface area contributed by atoms with E-state index in [2.05, 4.69) is 4.98 Å². The highest BCUT2D eigenvalue weighted by Gasteiger charge is 2.07. The SMILES string of the molecule is CS(=O)(=O)CCSc1ccc(N)c2ncccc12. The van der Waals surface area contributed by atoms with Crippen molar-refractivity contribution in [3.8, 4) is 0 Å². The van der Waals surface area contributed by atoms with E-state index >= 15 is 0 Å². The molecule has 0 aliphatic carbocycles. The summed E-state index contributed by atoms with van der Waals surface area (Å²) >= 11 is 1.51. The summed E-state index contributed by atoms with van der Waals surface area (Å²) in [5.41, 5.74) is 7.26. The zero-order valence-electron chi connectivity index (χ0n) is 9.96. The van der Waals surface area contributed by atoms with Crippen molar-refractivity contribution < 1.29 is 8.42 Å². The van der Waals surface area contributed by atoms with E-state index in [0.717, 1.165) is 15.8 Å². The van der Waals surface area contributed by atoms with Crippen molar-refractivity contribution in [1.82, 2.24) is 4.98 Å². The molecule has 96 valence electrons. The molecule has 1 aromatic heterocycles. The molecule has 0 aliphatic rings. The lowest BCUT2D eigenvalue weighted by molar-refractivity contribution is 0.603. The Morgan fingerprint density at radius 2 is 2.11 bits per heavy atom. The molecule has 0 atom stereocenters. The third-order valence-corrected chi connectivity index (χ3v) is 4.75. The van der Waals surface area contributed by atoms with Crippen LogP contribution in [0.5, 0.6) is 0 Å². The zero-order valence-corrected chi connectivity index (χ0v) is 11.6. The summed E-state index contributed by atoms with van der Waals surface area (Å²) < 4.78 is 22.2. The van der Waals surface area contributed by atoms with E-state index in [-0.39, 0.29) is 5.75 Å². The molecule has 2 rings (SSSR count). The average molecular weight is 282 g/mol. The topological polar surface area (TPSA) is 73.0 Å². The first kappa shape index (κ1) is 13.2. The number of aromatic nitrogens is 1. The fourth-order valence-electron chi connectivity index (χ4n) is 1.60. The average Bonchev–Trinajstić information content (AvgIpc) is 2.31. The number of nitrogen functional groups attached to an aromatic ring is 1. The zero-order chi connectivity index (χ0) is 13.2. The first-order chi connectivity index (χ1) is 8.47.